The molecule has 6 nitrogen and oxygen atoms in total. The molecule has 0 radical (unpaired) electrons. The van der Waals surface area contributed by atoms with Crippen molar-refractivity contribution in [3.8, 4) is 0 Å². The number of carbonyl (C=O) groups is 1. The number of hydrogen-bond acceptors (Lipinski definition) is 5. The third-order valence-corrected chi connectivity index (χ3v) is 5.18. The van der Waals surface area contributed by atoms with Crippen molar-refractivity contribution < 1.29 is 19.2 Å². The smallest absolute Gasteiger partial charge is 0.307 e. The van der Waals surface area contributed by atoms with E-state index in [4.69, 9.17) is 16.7 Å². The fourth-order valence-electron chi connectivity index (χ4n) is 2.22. The van der Waals surface area contributed by atoms with E-state index in [1.165, 1.54) is 12.1 Å². The molecule has 0 heterocycles. The Kier molecular flexibility index (Phi) is 6.73. The van der Waals surface area contributed by atoms with Crippen LogP contribution in [0.25, 0.3) is 0 Å². The number of anilines is 1. The van der Waals surface area contributed by atoms with Crippen LogP contribution in [0.2, 0.25) is 5.02 Å². The van der Waals surface area contributed by atoms with Gasteiger partial charge in [0.15, 0.2) is 5.78 Å². The van der Waals surface area contributed by atoms with Crippen molar-refractivity contribution in [1.82, 2.24) is 0 Å². The van der Waals surface area contributed by atoms with Gasteiger partial charge in [-0.15, -0.1) is 0 Å². The van der Waals surface area contributed by atoms with Crippen LogP contribution in [0, 0.1) is 15.9 Å². The van der Waals surface area contributed by atoms with Gasteiger partial charge < -0.3 is 10.4 Å². The average molecular weight is 511 g/mol. The van der Waals surface area contributed by atoms with Gasteiger partial charge in [0.05, 0.1) is 22.1 Å². The number of ketones is 1. The maximum Gasteiger partial charge on any atom is 0.307 e. The highest BCUT2D eigenvalue weighted by molar-refractivity contribution is 9.11. The van der Waals surface area contributed by atoms with E-state index < -0.39 is 22.6 Å². The quantitative estimate of drug-likeness (QED) is 0.326. The molecule has 26 heavy (non-hydrogen) atoms. The van der Waals surface area contributed by atoms with Gasteiger partial charge in [0.2, 0.25) is 0 Å². The van der Waals surface area contributed by atoms with Crippen LogP contribution in [0.3, 0.4) is 0 Å². The molecular formula is C16H12Br2ClFN2O4. The standard InChI is InChI=1S/C16H12Br2ClFN2O4/c1-7(6-23)21-12-5-10(17)13(14(18)15(12)22(25)26)16(24)9-4-8(20)2-3-11(9)19/h2-5,7,21,23H,6H2,1H3. The maximum atomic E-state index is 13.5. The summed E-state index contributed by atoms with van der Waals surface area (Å²) in [6.07, 6.45) is 0. The topological polar surface area (TPSA) is 92.5 Å². The molecule has 0 spiro atoms. The Hall–Kier alpha value is -1.55. The van der Waals surface area contributed by atoms with Crippen LogP contribution in [-0.2, 0) is 0 Å². The summed E-state index contributed by atoms with van der Waals surface area (Å²) < 4.78 is 13.7. The lowest BCUT2D eigenvalue weighted by Gasteiger charge is -2.16. The number of aliphatic hydroxyl groups is 1. The number of nitrogens with one attached hydrogen (secondary N) is 1. The summed E-state index contributed by atoms with van der Waals surface area (Å²) in [6, 6.07) is 4.21. The zero-order valence-corrected chi connectivity index (χ0v) is 17.2. The summed E-state index contributed by atoms with van der Waals surface area (Å²) in [5.74, 6) is -1.34. The molecule has 0 saturated carbocycles. The Morgan fingerprint density at radius 3 is 2.65 bits per heavy atom. The minimum absolute atomic E-state index is 0.0222. The highest BCUT2D eigenvalue weighted by Crippen LogP contribution is 2.42. The molecule has 1 unspecified atom stereocenters. The van der Waals surface area contributed by atoms with Gasteiger partial charge in [0, 0.05) is 16.1 Å². The molecule has 0 amide bonds. The molecule has 0 aromatic heterocycles. The summed E-state index contributed by atoms with van der Waals surface area (Å²) in [5, 5.41) is 23.5. The van der Waals surface area contributed by atoms with Gasteiger partial charge in [-0.25, -0.2) is 4.39 Å². The molecule has 2 aromatic carbocycles. The number of nitro groups is 1. The Labute approximate surface area is 169 Å². The number of nitrogens with zero attached hydrogens (tertiary/aromatic N) is 1. The number of nitro benzene ring substituents is 1. The maximum absolute atomic E-state index is 13.5. The van der Waals surface area contributed by atoms with Crippen molar-refractivity contribution in [1.29, 1.82) is 0 Å². The Balaban J connectivity index is 2.66. The molecule has 1 atom stereocenters. The van der Waals surface area contributed by atoms with E-state index in [9.17, 15) is 19.3 Å². The molecule has 2 rings (SSSR count). The number of halogens is 4. The summed E-state index contributed by atoms with van der Waals surface area (Å²) in [7, 11) is 0. The molecule has 10 heteroatoms. The first-order valence-electron chi connectivity index (χ1n) is 7.20. The first-order chi connectivity index (χ1) is 12.2. The van der Waals surface area contributed by atoms with Crippen molar-refractivity contribution in [3.05, 3.63) is 65.3 Å². The second-order valence-corrected chi connectivity index (χ2v) is 7.44. The van der Waals surface area contributed by atoms with Crippen molar-refractivity contribution >= 4 is 60.6 Å². The molecule has 0 fully saturated rings. The molecule has 0 aliphatic heterocycles. The Morgan fingerprint density at radius 2 is 2.08 bits per heavy atom. The average Bonchev–Trinajstić information content (AvgIpc) is 2.55. The molecule has 2 N–H and O–H groups in total. The first-order valence-corrected chi connectivity index (χ1v) is 9.17. The monoisotopic (exact) mass is 508 g/mol. The predicted octanol–water partition coefficient (Wildman–Crippen LogP) is 4.94. The van der Waals surface area contributed by atoms with Crippen molar-refractivity contribution in [2.75, 3.05) is 11.9 Å². The van der Waals surface area contributed by atoms with Crippen molar-refractivity contribution in [2.45, 2.75) is 13.0 Å². The predicted molar refractivity (Wildman–Crippen MR) is 104 cm³/mol. The van der Waals surface area contributed by atoms with E-state index in [0.29, 0.717) is 0 Å². The van der Waals surface area contributed by atoms with Crippen LogP contribution in [-0.4, -0.2) is 28.5 Å². The number of carbonyl (C=O) groups excluding carboxylic acids is 1. The Morgan fingerprint density at radius 1 is 1.42 bits per heavy atom. The fraction of sp³-hybridized carbons (Fsp3) is 0.188. The zero-order chi connectivity index (χ0) is 19.6. The molecule has 0 aliphatic rings. The van der Waals surface area contributed by atoms with Gasteiger partial charge in [0.1, 0.15) is 16.0 Å². The minimum atomic E-state index is -0.682. The summed E-state index contributed by atoms with van der Waals surface area (Å²) in [4.78, 5) is 23.7. The van der Waals surface area contributed by atoms with Gasteiger partial charge in [-0.1, -0.05) is 11.6 Å². The van der Waals surface area contributed by atoms with Crippen LogP contribution < -0.4 is 5.32 Å². The lowest BCUT2D eigenvalue weighted by molar-refractivity contribution is -0.384. The van der Waals surface area contributed by atoms with Crippen LogP contribution in [0.5, 0.6) is 0 Å². The van der Waals surface area contributed by atoms with Gasteiger partial charge in [0.25, 0.3) is 0 Å². The van der Waals surface area contributed by atoms with Crippen molar-refractivity contribution in [3.63, 3.8) is 0 Å². The number of rotatable bonds is 6. The molecule has 2 aromatic rings. The fourth-order valence-corrected chi connectivity index (χ4v) is 4.05. The normalized spacial score (nSPS) is 11.9. The third-order valence-electron chi connectivity index (χ3n) is 3.45. The number of hydrogen-bond donors (Lipinski definition) is 2. The SMILES string of the molecule is CC(CO)Nc1cc(Br)c(C(=O)c2cc(F)ccc2Cl)c(Br)c1[N+](=O)[O-]. The summed E-state index contributed by atoms with van der Waals surface area (Å²) in [5.41, 5.74) is -0.459. The minimum Gasteiger partial charge on any atom is -0.394 e. The molecule has 0 saturated heterocycles. The Bertz CT molecular complexity index is 895. The van der Waals surface area contributed by atoms with Gasteiger partial charge >= 0.3 is 5.69 Å². The lowest BCUT2D eigenvalue weighted by atomic mass is 10.0. The van der Waals surface area contributed by atoms with Crippen LogP contribution >= 0.6 is 43.5 Å². The van der Waals surface area contributed by atoms with Crippen molar-refractivity contribution in [2.24, 2.45) is 0 Å². The van der Waals surface area contributed by atoms with Crippen LogP contribution in [0.1, 0.15) is 22.8 Å². The second-order valence-electron chi connectivity index (χ2n) is 5.38. The zero-order valence-electron chi connectivity index (χ0n) is 13.2. The van der Waals surface area contributed by atoms with E-state index in [2.05, 4.69) is 37.2 Å². The van der Waals surface area contributed by atoms with E-state index in [1.54, 1.807) is 6.92 Å². The van der Waals surface area contributed by atoms with Gasteiger partial charge in [-0.2, -0.15) is 0 Å². The lowest BCUT2D eigenvalue weighted by Crippen LogP contribution is -2.20. The summed E-state index contributed by atoms with van der Waals surface area (Å²) >= 11 is 12.3. The highest BCUT2D eigenvalue weighted by atomic mass is 79.9. The van der Waals surface area contributed by atoms with Crippen LogP contribution in [0.15, 0.2) is 33.2 Å². The first kappa shape index (κ1) is 20.8. The van der Waals surface area contributed by atoms with Gasteiger partial charge in [-0.05, 0) is 63.0 Å². The molecule has 0 bridgehead atoms. The highest BCUT2D eigenvalue weighted by Gasteiger charge is 2.29. The second kappa shape index (κ2) is 8.43. The van der Waals surface area contributed by atoms with Gasteiger partial charge in [-0.3, -0.25) is 14.9 Å². The largest absolute Gasteiger partial charge is 0.394 e. The van der Waals surface area contributed by atoms with Crippen LogP contribution in [0.4, 0.5) is 15.8 Å². The molecular weight excluding hydrogens is 498 g/mol. The number of benzene rings is 2. The summed E-state index contributed by atoms with van der Waals surface area (Å²) in [6.45, 7) is 1.39. The third kappa shape index (κ3) is 4.22. The molecule has 138 valence electrons. The van der Waals surface area contributed by atoms with E-state index in [-0.39, 0.29) is 43.1 Å². The van der Waals surface area contributed by atoms with E-state index in [0.717, 1.165) is 12.1 Å². The van der Waals surface area contributed by atoms with E-state index >= 15 is 0 Å². The molecule has 0 aliphatic carbocycles. The number of aliphatic hydroxyl groups excluding tert-OH is 1. The van der Waals surface area contributed by atoms with E-state index in [1.807, 2.05) is 0 Å².